The summed E-state index contributed by atoms with van der Waals surface area (Å²) in [5.41, 5.74) is 7.34. The Labute approximate surface area is 151 Å². The van der Waals surface area contributed by atoms with Crippen LogP contribution in [-0.4, -0.2) is 31.6 Å². The van der Waals surface area contributed by atoms with Gasteiger partial charge in [0.25, 0.3) is 11.6 Å². The fraction of sp³-hybridized carbons (Fsp3) is 0.278. The van der Waals surface area contributed by atoms with E-state index in [0.29, 0.717) is 23.4 Å². The highest BCUT2D eigenvalue weighted by atomic mass is 16.6. The first kappa shape index (κ1) is 19.2. The quantitative estimate of drug-likeness (QED) is 0.550. The molecule has 1 amide bonds. The van der Waals surface area contributed by atoms with E-state index in [1.165, 1.54) is 20.3 Å². The molecule has 0 saturated heterocycles. The maximum absolute atomic E-state index is 12.2. The van der Waals surface area contributed by atoms with E-state index < -0.39 is 4.92 Å². The number of rotatable bonds is 8. The van der Waals surface area contributed by atoms with Crippen molar-refractivity contribution in [1.82, 2.24) is 5.32 Å². The average Bonchev–Trinajstić information content (AvgIpc) is 2.67. The molecule has 2 aromatic rings. The molecule has 0 radical (unpaired) electrons. The van der Waals surface area contributed by atoms with Crippen molar-refractivity contribution in [2.75, 3.05) is 20.8 Å². The predicted octanol–water partition coefficient (Wildman–Crippen LogP) is 2.04. The van der Waals surface area contributed by atoms with E-state index in [4.69, 9.17) is 15.2 Å². The Hall–Kier alpha value is -3.13. The summed E-state index contributed by atoms with van der Waals surface area (Å²) in [6, 6.07) is 9.83. The van der Waals surface area contributed by atoms with Gasteiger partial charge in [-0.2, -0.15) is 0 Å². The lowest BCUT2D eigenvalue weighted by molar-refractivity contribution is -0.385. The Kier molecular flexibility index (Phi) is 6.51. The molecule has 0 aliphatic carbocycles. The SMILES string of the molecule is COc1cc(CCNC(=O)c2ccc(CN)cc2)c([N+](=O)[O-])cc1OC. The summed E-state index contributed by atoms with van der Waals surface area (Å²) in [5, 5.41) is 14.0. The van der Waals surface area contributed by atoms with Gasteiger partial charge in [0.1, 0.15) is 0 Å². The number of hydrogen-bond acceptors (Lipinski definition) is 6. The van der Waals surface area contributed by atoms with E-state index in [2.05, 4.69) is 5.32 Å². The van der Waals surface area contributed by atoms with Gasteiger partial charge >= 0.3 is 0 Å². The first-order chi connectivity index (χ1) is 12.5. The summed E-state index contributed by atoms with van der Waals surface area (Å²) < 4.78 is 10.3. The second kappa shape index (κ2) is 8.82. The summed E-state index contributed by atoms with van der Waals surface area (Å²) in [6.07, 6.45) is 0.281. The lowest BCUT2D eigenvalue weighted by Crippen LogP contribution is -2.25. The third kappa shape index (κ3) is 4.48. The molecule has 0 bridgehead atoms. The van der Waals surface area contributed by atoms with Crippen LogP contribution < -0.4 is 20.5 Å². The molecule has 3 N–H and O–H groups in total. The molecule has 0 atom stereocenters. The molecule has 2 rings (SSSR count). The third-order valence-corrected chi connectivity index (χ3v) is 3.91. The number of benzene rings is 2. The molecule has 0 spiro atoms. The molecular formula is C18H21N3O5. The van der Waals surface area contributed by atoms with Crippen molar-refractivity contribution in [3.8, 4) is 11.5 Å². The number of methoxy groups -OCH3 is 2. The highest BCUT2D eigenvalue weighted by molar-refractivity contribution is 5.94. The average molecular weight is 359 g/mol. The number of nitrogens with zero attached hydrogens (tertiary/aromatic N) is 1. The lowest BCUT2D eigenvalue weighted by Gasteiger charge is -2.11. The van der Waals surface area contributed by atoms with Gasteiger partial charge in [-0.05, 0) is 30.2 Å². The van der Waals surface area contributed by atoms with Crippen molar-refractivity contribution < 1.29 is 19.2 Å². The molecule has 138 valence electrons. The topological polar surface area (TPSA) is 117 Å². The van der Waals surface area contributed by atoms with E-state index >= 15 is 0 Å². The highest BCUT2D eigenvalue weighted by Crippen LogP contribution is 2.34. The molecule has 0 aromatic heterocycles. The number of nitro groups is 1. The number of carbonyl (C=O) groups is 1. The summed E-state index contributed by atoms with van der Waals surface area (Å²) in [4.78, 5) is 23.0. The number of ether oxygens (including phenoxy) is 2. The smallest absolute Gasteiger partial charge is 0.276 e. The van der Waals surface area contributed by atoms with Crippen molar-refractivity contribution in [3.05, 3.63) is 63.2 Å². The minimum absolute atomic E-state index is 0.0794. The molecule has 26 heavy (non-hydrogen) atoms. The number of nitrogens with two attached hydrogens (primary N) is 1. The van der Waals surface area contributed by atoms with E-state index in [-0.39, 0.29) is 30.3 Å². The molecule has 0 aliphatic rings. The first-order valence-corrected chi connectivity index (χ1v) is 7.96. The van der Waals surface area contributed by atoms with Gasteiger partial charge in [-0.15, -0.1) is 0 Å². The van der Waals surface area contributed by atoms with Crippen LogP contribution in [0.25, 0.3) is 0 Å². The Morgan fingerprint density at radius 3 is 2.31 bits per heavy atom. The molecule has 2 aromatic carbocycles. The third-order valence-electron chi connectivity index (χ3n) is 3.91. The fourth-order valence-corrected chi connectivity index (χ4v) is 2.49. The van der Waals surface area contributed by atoms with E-state index in [1.807, 2.05) is 0 Å². The predicted molar refractivity (Wildman–Crippen MR) is 96.6 cm³/mol. The summed E-state index contributed by atoms with van der Waals surface area (Å²) in [7, 11) is 2.87. The standard InChI is InChI=1S/C18H21N3O5/c1-25-16-9-14(15(21(23)24)10-17(16)26-2)7-8-20-18(22)13-5-3-12(11-19)4-6-13/h3-6,9-10H,7-8,11,19H2,1-2H3,(H,20,22). The van der Waals surface area contributed by atoms with Crippen LogP contribution in [0.15, 0.2) is 36.4 Å². The number of carbonyl (C=O) groups excluding carboxylic acids is 1. The van der Waals surface area contributed by atoms with Crippen LogP contribution in [0, 0.1) is 10.1 Å². The minimum Gasteiger partial charge on any atom is -0.493 e. The minimum atomic E-state index is -0.481. The van der Waals surface area contributed by atoms with E-state index in [0.717, 1.165) is 5.56 Å². The maximum atomic E-state index is 12.2. The Bertz CT molecular complexity index is 790. The van der Waals surface area contributed by atoms with Gasteiger partial charge in [0.15, 0.2) is 11.5 Å². The number of hydrogen-bond donors (Lipinski definition) is 2. The molecule has 0 saturated carbocycles. The zero-order valence-electron chi connectivity index (χ0n) is 14.7. The van der Waals surface area contributed by atoms with Gasteiger partial charge in [0.2, 0.25) is 0 Å². The van der Waals surface area contributed by atoms with Crippen LogP contribution in [-0.2, 0) is 13.0 Å². The molecule has 0 aliphatic heterocycles. The van der Waals surface area contributed by atoms with Crippen molar-refractivity contribution in [1.29, 1.82) is 0 Å². The fourth-order valence-electron chi connectivity index (χ4n) is 2.49. The van der Waals surface area contributed by atoms with Crippen LogP contribution in [0.2, 0.25) is 0 Å². The second-order valence-electron chi connectivity index (χ2n) is 5.50. The van der Waals surface area contributed by atoms with Crippen LogP contribution in [0.1, 0.15) is 21.5 Å². The lowest BCUT2D eigenvalue weighted by atomic mass is 10.1. The van der Waals surface area contributed by atoms with Gasteiger partial charge in [-0.3, -0.25) is 14.9 Å². The number of nitro benzene ring substituents is 1. The molecule has 8 heteroatoms. The van der Waals surface area contributed by atoms with Crippen molar-refractivity contribution in [2.45, 2.75) is 13.0 Å². The van der Waals surface area contributed by atoms with E-state index in [9.17, 15) is 14.9 Å². The molecule has 8 nitrogen and oxygen atoms in total. The van der Waals surface area contributed by atoms with Gasteiger partial charge in [0.05, 0.1) is 25.2 Å². The summed E-state index contributed by atoms with van der Waals surface area (Å²) >= 11 is 0. The first-order valence-electron chi connectivity index (χ1n) is 7.96. The maximum Gasteiger partial charge on any atom is 0.276 e. The molecule has 0 fully saturated rings. The molecule has 0 unspecified atom stereocenters. The van der Waals surface area contributed by atoms with Gasteiger partial charge in [-0.1, -0.05) is 12.1 Å². The van der Waals surface area contributed by atoms with Gasteiger partial charge in [-0.25, -0.2) is 0 Å². The van der Waals surface area contributed by atoms with Gasteiger partial charge in [0, 0.05) is 24.2 Å². The Morgan fingerprint density at radius 1 is 1.15 bits per heavy atom. The van der Waals surface area contributed by atoms with Gasteiger partial charge < -0.3 is 20.5 Å². The summed E-state index contributed by atoms with van der Waals surface area (Å²) in [5.74, 6) is 0.431. The van der Waals surface area contributed by atoms with Crippen molar-refractivity contribution >= 4 is 11.6 Å². The van der Waals surface area contributed by atoms with Crippen LogP contribution in [0.5, 0.6) is 11.5 Å². The largest absolute Gasteiger partial charge is 0.493 e. The van der Waals surface area contributed by atoms with Crippen LogP contribution in [0.3, 0.4) is 0 Å². The zero-order chi connectivity index (χ0) is 19.1. The normalized spacial score (nSPS) is 10.3. The zero-order valence-corrected chi connectivity index (χ0v) is 14.7. The van der Waals surface area contributed by atoms with Crippen LogP contribution in [0.4, 0.5) is 5.69 Å². The summed E-state index contributed by atoms with van der Waals surface area (Å²) in [6.45, 7) is 0.651. The van der Waals surface area contributed by atoms with Crippen molar-refractivity contribution in [2.24, 2.45) is 5.73 Å². The Balaban J connectivity index is 2.08. The van der Waals surface area contributed by atoms with Crippen molar-refractivity contribution in [3.63, 3.8) is 0 Å². The molecule has 0 heterocycles. The number of nitrogens with one attached hydrogen (secondary N) is 1. The van der Waals surface area contributed by atoms with Crippen LogP contribution >= 0.6 is 0 Å². The second-order valence-corrected chi connectivity index (χ2v) is 5.50. The van der Waals surface area contributed by atoms with E-state index in [1.54, 1.807) is 30.3 Å². The highest BCUT2D eigenvalue weighted by Gasteiger charge is 2.19. The number of amides is 1. The Morgan fingerprint density at radius 2 is 1.77 bits per heavy atom. The molecular weight excluding hydrogens is 338 g/mol. The monoisotopic (exact) mass is 359 g/mol.